The zero-order chi connectivity index (χ0) is 15.2. The Morgan fingerprint density at radius 1 is 1.14 bits per heavy atom. The summed E-state index contributed by atoms with van der Waals surface area (Å²) in [5.74, 6) is -0.370. The fourth-order valence-electron chi connectivity index (χ4n) is 2.23. The molecule has 0 fully saturated rings. The maximum Gasteiger partial charge on any atom is 0.337 e. The lowest BCUT2D eigenvalue weighted by atomic mass is 10.1. The minimum absolute atomic E-state index is 0.370. The molecule has 4 heteroatoms. The second-order valence-electron chi connectivity index (χ2n) is 5.06. The van der Waals surface area contributed by atoms with E-state index in [0.717, 1.165) is 18.7 Å². The minimum Gasteiger partial charge on any atom is -0.465 e. The molecule has 0 aromatic heterocycles. The number of nitrogen functional groups attached to an aromatic ring is 1. The number of anilines is 1. The zero-order valence-electron chi connectivity index (χ0n) is 12.4. The summed E-state index contributed by atoms with van der Waals surface area (Å²) in [4.78, 5) is 13.6. The second kappa shape index (κ2) is 6.90. The van der Waals surface area contributed by atoms with Crippen LogP contribution in [0.15, 0.2) is 48.5 Å². The summed E-state index contributed by atoms with van der Waals surface area (Å²) in [7, 11) is 3.40. The van der Waals surface area contributed by atoms with Crippen molar-refractivity contribution in [2.45, 2.75) is 13.1 Å². The summed E-state index contributed by atoms with van der Waals surface area (Å²) in [5, 5.41) is 0. The predicted octanol–water partition coefficient (Wildman–Crippen LogP) is 2.69. The van der Waals surface area contributed by atoms with Crippen LogP contribution in [0, 0.1) is 0 Å². The number of esters is 1. The Balaban J connectivity index is 2.04. The third-order valence-corrected chi connectivity index (χ3v) is 3.30. The number of benzene rings is 2. The average Bonchev–Trinajstić information content (AvgIpc) is 2.49. The average molecular weight is 284 g/mol. The van der Waals surface area contributed by atoms with Crippen molar-refractivity contribution >= 4 is 11.7 Å². The Hall–Kier alpha value is -2.33. The lowest BCUT2D eigenvalue weighted by molar-refractivity contribution is 0.0601. The highest BCUT2D eigenvalue weighted by Gasteiger charge is 2.09. The number of nitrogens with two attached hydrogens (primary N) is 1. The van der Waals surface area contributed by atoms with Crippen molar-refractivity contribution in [3.8, 4) is 0 Å². The highest BCUT2D eigenvalue weighted by atomic mass is 16.5. The quantitative estimate of drug-likeness (QED) is 0.677. The zero-order valence-corrected chi connectivity index (χ0v) is 12.4. The van der Waals surface area contributed by atoms with Crippen LogP contribution in [-0.4, -0.2) is 25.0 Å². The smallest absolute Gasteiger partial charge is 0.337 e. The van der Waals surface area contributed by atoms with E-state index in [2.05, 4.69) is 21.8 Å². The van der Waals surface area contributed by atoms with Crippen molar-refractivity contribution < 1.29 is 9.53 Å². The molecule has 0 saturated heterocycles. The number of methoxy groups -OCH3 is 1. The third kappa shape index (κ3) is 4.07. The molecule has 2 rings (SSSR count). The van der Waals surface area contributed by atoms with Crippen LogP contribution in [-0.2, 0) is 17.8 Å². The van der Waals surface area contributed by atoms with Gasteiger partial charge in [-0.05, 0) is 30.3 Å². The maximum absolute atomic E-state index is 11.5. The van der Waals surface area contributed by atoms with Crippen molar-refractivity contribution in [1.29, 1.82) is 0 Å². The van der Waals surface area contributed by atoms with Crippen LogP contribution in [0.5, 0.6) is 0 Å². The number of hydrogen-bond donors (Lipinski definition) is 1. The monoisotopic (exact) mass is 284 g/mol. The van der Waals surface area contributed by atoms with E-state index in [9.17, 15) is 4.79 Å². The van der Waals surface area contributed by atoms with Crippen LogP contribution in [0.25, 0.3) is 0 Å². The van der Waals surface area contributed by atoms with Gasteiger partial charge in [-0.15, -0.1) is 0 Å². The summed E-state index contributed by atoms with van der Waals surface area (Å²) < 4.78 is 4.69. The molecule has 0 aliphatic rings. The Kier molecular flexibility index (Phi) is 4.95. The first-order valence-electron chi connectivity index (χ1n) is 6.79. The fourth-order valence-corrected chi connectivity index (χ4v) is 2.23. The molecule has 0 atom stereocenters. The Morgan fingerprint density at radius 2 is 1.86 bits per heavy atom. The van der Waals surface area contributed by atoms with E-state index in [1.165, 1.54) is 12.7 Å². The number of carbonyl (C=O) groups excluding carboxylic acids is 1. The first kappa shape index (κ1) is 15.1. The minimum atomic E-state index is -0.370. The molecule has 110 valence electrons. The van der Waals surface area contributed by atoms with Gasteiger partial charge in [0.1, 0.15) is 0 Å². The molecule has 21 heavy (non-hydrogen) atoms. The molecule has 0 heterocycles. The van der Waals surface area contributed by atoms with E-state index in [1.54, 1.807) is 12.1 Å². The standard InChI is InChI=1S/C17H20N2O2/c1-19(11-13-6-4-3-5-7-13)12-15-9-8-14(10-16(15)18)17(20)21-2/h3-10H,11-12,18H2,1-2H3. The van der Waals surface area contributed by atoms with Crippen LogP contribution >= 0.6 is 0 Å². The van der Waals surface area contributed by atoms with Crippen molar-refractivity contribution in [1.82, 2.24) is 4.90 Å². The number of hydrogen-bond acceptors (Lipinski definition) is 4. The first-order valence-corrected chi connectivity index (χ1v) is 6.79. The van der Waals surface area contributed by atoms with Crippen LogP contribution < -0.4 is 5.73 Å². The normalized spacial score (nSPS) is 10.6. The van der Waals surface area contributed by atoms with Crippen LogP contribution in [0.1, 0.15) is 21.5 Å². The molecule has 0 aliphatic carbocycles. The van der Waals surface area contributed by atoms with Gasteiger partial charge < -0.3 is 10.5 Å². The largest absolute Gasteiger partial charge is 0.465 e. The first-order chi connectivity index (χ1) is 10.1. The van der Waals surface area contributed by atoms with Gasteiger partial charge in [-0.2, -0.15) is 0 Å². The van der Waals surface area contributed by atoms with E-state index >= 15 is 0 Å². The molecule has 0 unspecified atom stereocenters. The molecule has 0 aliphatic heterocycles. The SMILES string of the molecule is COC(=O)c1ccc(CN(C)Cc2ccccc2)c(N)c1. The van der Waals surface area contributed by atoms with Crippen molar-refractivity contribution in [3.63, 3.8) is 0 Å². The maximum atomic E-state index is 11.5. The number of carbonyl (C=O) groups is 1. The molecule has 0 amide bonds. The number of nitrogens with zero attached hydrogens (tertiary/aromatic N) is 1. The van der Waals surface area contributed by atoms with Gasteiger partial charge in [0.15, 0.2) is 0 Å². The summed E-state index contributed by atoms with van der Waals surface area (Å²) in [5.41, 5.74) is 9.36. The molecule has 0 saturated carbocycles. The van der Waals surface area contributed by atoms with Gasteiger partial charge in [0.05, 0.1) is 12.7 Å². The lowest BCUT2D eigenvalue weighted by Gasteiger charge is -2.18. The third-order valence-electron chi connectivity index (χ3n) is 3.30. The van der Waals surface area contributed by atoms with Crippen LogP contribution in [0.4, 0.5) is 5.69 Å². The summed E-state index contributed by atoms with van der Waals surface area (Å²) in [6.07, 6.45) is 0. The topological polar surface area (TPSA) is 55.6 Å². The van der Waals surface area contributed by atoms with E-state index in [0.29, 0.717) is 11.3 Å². The van der Waals surface area contributed by atoms with Crippen molar-refractivity contribution in [3.05, 3.63) is 65.2 Å². The van der Waals surface area contributed by atoms with Gasteiger partial charge in [-0.25, -0.2) is 4.79 Å². The molecule has 0 spiro atoms. The Labute approximate surface area is 125 Å². The van der Waals surface area contributed by atoms with Gasteiger partial charge >= 0.3 is 5.97 Å². The van der Waals surface area contributed by atoms with E-state index in [-0.39, 0.29) is 5.97 Å². The van der Waals surface area contributed by atoms with Crippen LogP contribution in [0.2, 0.25) is 0 Å². The van der Waals surface area contributed by atoms with Gasteiger partial charge in [0.2, 0.25) is 0 Å². The highest BCUT2D eigenvalue weighted by molar-refractivity contribution is 5.90. The Bertz CT molecular complexity index is 611. The molecule has 2 aromatic rings. The van der Waals surface area contributed by atoms with Gasteiger partial charge in [0.25, 0.3) is 0 Å². The molecule has 0 radical (unpaired) electrons. The molecule has 2 aromatic carbocycles. The summed E-state index contributed by atoms with van der Waals surface area (Å²) in [6, 6.07) is 15.5. The van der Waals surface area contributed by atoms with Crippen molar-refractivity contribution in [2.75, 3.05) is 19.9 Å². The molecule has 2 N–H and O–H groups in total. The van der Waals surface area contributed by atoms with Gasteiger partial charge in [-0.1, -0.05) is 36.4 Å². The lowest BCUT2D eigenvalue weighted by Crippen LogP contribution is -2.18. The molecule has 0 bridgehead atoms. The summed E-state index contributed by atoms with van der Waals surface area (Å²) >= 11 is 0. The van der Waals surface area contributed by atoms with E-state index in [1.807, 2.05) is 31.3 Å². The summed E-state index contributed by atoms with van der Waals surface area (Å²) in [6.45, 7) is 1.57. The second-order valence-corrected chi connectivity index (χ2v) is 5.06. The number of ether oxygens (including phenoxy) is 1. The molecular weight excluding hydrogens is 264 g/mol. The molecular formula is C17H20N2O2. The Morgan fingerprint density at radius 3 is 2.48 bits per heavy atom. The van der Waals surface area contributed by atoms with Crippen molar-refractivity contribution in [2.24, 2.45) is 0 Å². The predicted molar refractivity (Wildman–Crippen MR) is 83.8 cm³/mol. The van der Waals surface area contributed by atoms with Gasteiger partial charge in [-0.3, -0.25) is 4.90 Å². The van der Waals surface area contributed by atoms with E-state index < -0.39 is 0 Å². The highest BCUT2D eigenvalue weighted by Crippen LogP contribution is 2.17. The fraction of sp³-hybridized carbons (Fsp3) is 0.235. The van der Waals surface area contributed by atoms with Gasteiger partial charge in [0, 0.05) is 18.8 Å². The van der Waals surface area contributed by atoms with E-state index in [4.69, 9.17) is 5.73 Å². The number of rotatable bonds is 5. The molecule has 4 nitrogen and oxygen atoms in total. The van der Waals surface area contributed by atoms with Crippen LogP contribution in [0.3, 0.4) is 0 Å².